The highest BCUT2D eigenvalue weighted by atomic mass is 79.9. The van der Waals surface area contributed by atoms with Crippen LogP contribution in [0.5, 0.6) is 0 Å². The summed E-state index contributed by atoms with van der Waals surface area (Å²) in [4.78, 5) is 23.7. The second-order valence-corrected chi connectivity index (χ2v) is 6.75. The summed E-state index contributed by atoms with van der Waals surface area (Å²) in [7, 11) is 0. The number of anilines is 2. The molecule has 0 spiro atoms. The van der Waals surface area contributed by atoms with E-state index in [0.717, 1.165) is 4.47 Å². The van der Waals surface area contributed by atoms with Crippen LogP contribution in [-0.4, -0.2) is 16.9 Å². The number of carbonyl (C=O) groups excluding carboxylic acids is 2. The van der Waals surface area contributed by atoms with E-state index in [0.29, 0.717) is 28.4 Å². The number of amides is 2. The molecule has 0 aliphatic carbocycles. The second kappa shape index (κ2) is 8.94. The normalized spacial score (nSPS) is 10.0. The first-order valence-electron chi connectivity index (χ1n) is 7.36. The fourth-order valence-electron chi connectivity index (χ4n) is 1.93. The van der Waals surface area contributed by atoms with E-state index in [1.165, 1.54) is 0 Å². The molecule has 0 heterocycles. The van der Waals surface area contributed by atoms with E-state index in [1.807, 2.05) is 0 Å². The fraction of sp³-hybridized carbons (Fsp3) is 0.118. The minimum absolute atomic E-state index is 0.0858. The molecule has 2 amide bonds. The van der Waals surface area contributed by atoms with Crippen molar-refractivity contribution in [1.29, 1.82) is 0 Å². The predicted molar refractivity (Wildman–Crippen MR) is 108 cm³/mol. The van der Waals surface area contributed by atoms with E-state index >= 15 is 0 Å². The van der Waals surface area contributed by atoms with Crippen LogP contribution in [0.3, 0.4) is 0 Å². The molecule has 8 heteroatoms. The third-order valence-corrected chi connectivity index (χ3v) is 4.15. The second-order valence-electron chi connectivity index (χ2n) is 5.01. The smallest absolute Gasteiger partial charge is 0.258 e. The molecule has 3 N–H and O–H groups in total. The fourth-order valence-corrected chi connectivity index (χ4v) is 2.70. The molecule has 0 radical (unpaired) electrons. The van der Waals surface area contributed by atoms with Crippen LogP contribution in [0, 0.1) is 0 Å². The maximum absolute atomic E-state index is 12.3. The van der Waals surface area contributed by atoms with Gasteiger partial charge in [-0.2, -0.15) is 0 Å². The Morgan fingerprint density at radius 2 is 1.80 bits per heavy atom. The third kappa shape index (κ3) is 5.81. The number of hydrogen-bond acceptors (Lipinski definition) is 3. The molecule has 0 bridgehead atoms. The molecule has 5 nitrogen and oxygen atoms in total. The van der Waals surface area contributed by atoms with Crippen LogP contribution in [-0.2, 0) is 4.79 Å². The van der Waals surface area contributed by atoms with Crippen molar-refractivity contribution in [2.75, 3.05) is 10.6 Å². The molecule has 0 fully saturated rings. The van der Waals surface area contributed by atoms with E-state index in [2.05, 4.69) is 31.9 Å². The van der Waals surface area contributed by atoms with Gasteiger partial charge in [-0.3, -0.25) is 14.9 Å². The van der Waals surface area contributed by atoms with Gasteiger partial charge in [0.15, 0.2) is 5.11 Å². The zero-order valence-corrected chi connectivity index (χ0v) is 16.4. The maximum atomic E-state index is 12.3. The van der Waals surface area contributed by atoms with Gasteiger partial charge in [-0.15, -0.1) is 0 Å². The average Bonchev–Trinajstić information content (AvgIpc) is 2.57. The van der Waals surface area contributed by atoms with Crippen molar-refractivity contribution in [2.45, 2.75) is 13.3 Å². The standard InChI is InChI=1S/C17H15BrClN3O2S/c1-2-15(23)20-11-4-3-5-12(9-11)21-17(25)22-16(24)13-8-10(18)6-7-14(13)19/h3-9H,2H2,1H3,(H,20,23)(H2,21,22,24,25). The van der Waals surface area contributed by atoms with Gasteiger partial charge < -0.3 is 10.6 Å². The van der Waals surface area contributed by atoms with E-state index in [-0.39, 0.29) is 11.0 Å². The van der Waals surface area contributed by atoms with Crippen LogP contribution in [0.15, 0.2) is 46.9 Å². The molecule has 0 unspecified atom stereocenters. The van der Waals surface area contributed by atoms with Crippen LogP contribution >= 0.6 is 39.7 Å². The number of benzene rings is 2. The third-order valence-electron chi connectivity index (χ3n) is 3.13. The number of carbonyl (C=O) groups is 2. The monoisotopic (exact) mass is 439 g/mol. The first-order valence-corrected chi connectivity index (χ1v) is 8.94. The maximum Gasteiger partial charge on any atom is 0.258 e. The first-order chi connectivity index (χ1) is 11.9. The van der Waals surface area contributed by atoms with Gasteiger partial charge in [0.25, 0.3) is 5.91 Å². The molecule has 0 aliphatic heterocycles. The highest BCUT2D eigenvalue weighted by Crippen LogP contribution is 2.21. The van der Waals surface area contributed by atoms with E-state index in [4.69, 9.17) is 23.8 Å². The van der Waals surface area contributed by atoms with E-state index in [9.17, 15) is 9.59 Å². The number of hydrogen-bond donors (Lipinski definition) is 3. The Kier molecular flexibility index (Phi) is 6.92. The lowest BCUT2D eigenvalue weighted by Gasteiger charge is -2.12. The molecule has 2 rings (SSSR count). The van der Waals surface area contributed by atoms with Gasteiger partial charge in [0.2, 0.25) is 5.91 Å². The Morgan fingerprint density at radius 1 is 1.12 bits per heavy atom. The van der Waals surface area contributed by atoms with Gasteiger partial charge in [-0.1, -0.05) is 40.5 Å². The van der Waals surface area contributed by atoms with Crippen LogP contribution in [0.25, 0.3) is 0 Å². The molecule has 0 atom stereocenters. The summed E-state index contributed by atoms with van der Waals surface area (Å²) in [5.74, 6) is -0.503. The van der Waals surface area contributed by atoms with Crippen LogP contribution in [0.1, 0.15) is 23.7 Å². The van der Waals surface area contributed by atoms with Gasteiger partial charge in [-0.05, 0) is 48.6 Å². The summed E-state index contributed by atoms with van der Waals surface area (Å²) in [6.07, 6.45) is 0.388. The molecule has 25 heavy (non-hydrogen) atoms. The van der Waals surface area contributed by atoms with Gasteiger partial charge in [0.1, 0.15) is 0 Å². The number of nitrogens with one attached hydrogen (secondary N) is 3. The SMILES string of the molecule is CCC(=O)Nc1cccc(NC(=S)NC(=O)c2cc(Br)ccc2Cl)c1. The number of halogens is 2. The Balaban J connectivity index is 2.02. The van der Waals surface area contributed by atoms with Gasteiger partial charge >= 0.3 is 0 Å². The van der Waals surface area contributed by atoms with Crippen LogP contribution in [0.4, 0.5) is 11.4 Å². The Bertz CT molecular complexity index is 829. The minimum atomic E-state index is -0.417. The number of thiocarbonyl (C=S) groups is 1. The van der Waals surface area contributed by atoms with Crippen molar-refractivity contribution in [2.24, 2.45) is 0 Å². The molecular formula is C17H15BrClN3O2S. The Labute approximate surface area is 164 Å². The first kappa shape index (κ1) is 19.4. The van der Waals surface area contributed by atoms with Crippen molar-refractivity contribution in [1.82, 2.24) is 5.32 Å². The highest BCUT2D eigenvalue weighted by molar-refractivity contribution is 9.10. The lowest BCUT2D eigenvalue weighted by Crippen LogP contribution is -2.34. The molecular weight excluding hydrogens is 426 g/mol. The van der Waals surface area contributed by atoms with Crippen molar-refractivity contribution in [3.63, 3.8) is 0 Å². The van der Waals surface area contributed by atoms with E-state index < -0.39 is 5.91 Å². The molecule has 2 aromatic rings. The van der Waals surface area contributed by atoms with Gasteiger partial charge in [-0.25, -0.2) is 0 Å². The molecule has 0 saturated carbocycles. The molecule has 0 aliphatic rings. The minimum Gasteiger partial charge on any atom is -0.332 e. The Hall–Kier alpha value is -1.96. The summed E-state index contributed by atoms with van der Waals surface area (Å²) < 4.78 is 0.736. The summed E-state index contributed by atoms with van der Waals surface area (Å²) >= 11 is 14.5. The summed E-state index contributed by atoms with van der Waals surface area (Å²) in [5, 5.41) is 8.68. The van der Waals surface area contributed by atoms with Crippen molar-refractivity contribution < 1.29 is 9.59 Å². The largest absolute Gasteiger partial charge is 0.332 e. The summed E-state index contributed by atoms with van der Waals surface area (Å²) in [6, 6.07) is 12.0. The summed E-state index contributed by atoms with van der Waals surface area (Å²) in [6.45, 7) is 1.77. The molecule has 0 aromatic heterocycles. The van der Waals surface area contributed by atoms with Crippen molar-refractivity contribution in [3.05, 3.63) is 57.5 Å². The molecule has 0 saturated heterocycles. The summed E-state index contributed by atoms with van der Waals surface area (Å²) in [5.41, 5.74) is 1.59. The van der Waals surface area contributed by atoms with E-state index in [1.54, 1.807) is 49.4 Å². The van der Waals surface area contributed by atoms with Gasteiger partial charge in [0, 0.05) is 22.3 Å². The highest BCUT2D eigenvalue weighted by Gasteiger charge is 2.12. The zero-order valence-electron chi connectivity index (χ0n) is 13.2. The molecule has 2 aromatic carbocycles. The quantitative estimate of drug-likeness (QED) is 0.609. The lowest BCUT2D eigenvalue weighted by atomic mass is 10.2. The van der Waals surface area contributed by atoms with Crippen LogP contribution in [0.2, 0.25) is 5.02 Å². The predicted octanol–water partition coefficient (Wildman–Crippen LogP) is 4.58. The zero-order chi connectivity index (χ0) is 18.4. The van der Waals surface area contributed by atoms with Gasteiger partial charge in [0.05, 0.1) is 10.6 Å². The number of rotatable bonds is 4. The molecule has 130 valence electrons. The van der Waals surface area contributed by atoms with Crippen LogP contribution < -0.4 is 16.0 Å². The van der Waals surface area contributed by atoms with Crippen molar-refractivity contribution in [3.8, 4) is 0 Å². The average molecular weight is 441 g/mol. The van der Waals surface area contributed by atoms with Crippen molar-refractivity contribution >= 4 is 68.1 Å². The lowest BCUT2D eigenvalue weighted by molar-refractivity contribution is -0.115. The topological polar surface area (TPSA) is 70.2 Å². The Morgan fingerprint density at radius 3 is 2.48 bits per heavy atom.